The van der Waals surface area contributed by atoms with Crippen molar-refractivity contribution in [1.82, 2.24) is 9.62 Å². The SMILES string of the molecule is CCC(NC1CCN(S(=O)(=O)CC)CC1)c1ccccc1. The molecule has 0 amide bonds. The van der Waals surface area contributed by atoms with Gasteiger partial charge in [-0.25, -0.2) is 12.7 Å². The molecular formula is C16H26N2O2S. The molecule has 1 heterocycles. The lowest BCUT2D eigenvalue weighted by Crippen LogP contribution is -2.46. The standard InChI is InChI=1S/C16H26N2O2S/c1-3-16(14-8-6-5-7-9-14)17-15-10-12-18(13-11-15)21(19,20)4-2/h5-9,15-17H,3-4,10-13H2,1-2H3. The third-order valence-corrected chi connectivity index (χ3v) is 6.14. The molecule has 1 aliphatic heterocycles. The van der Waals surface area contributed by atoms with Crippen LogP contribution < -0.4 is 5.32 Å². The molecule has 21 heavy (non-hydrogen) atoms. The summed E-state index contributed by atoms with van der Waals surface area (Å²) in [6.45, 7) is 5.17. The van der Waals surface area contributed by atoms with Gasteiger partial charge in [-0.2, -0.15) is 0 Å². The number of benzene rings is 1. The highest BCUT2D eigenvalue weighted by molar-refractivity contribution is 7.89. The van der Waals surface area contributed by atoms with Gasteiger partial charge in [0.25, 0.3) is 0 Å². The Labute approximate surface area is 128 Å². The molecule has 0 aromatic heterocycles. The monoisotopic (exact) mass is 310 g/mol. The largest absolute Gasteiger partial charge is 0.307 e. The van der Waals surface area contributed by atoms with Gasteiger partial charge in [0, 0.05) is 25.2 Å². The average molecular weight is 310 g/mol. The van der Waals surface area contributed by atoms with E-state index in [2.05, 4.69) is 36.5 Å². The van der Waals surface area contributed by atoms with E-state index in [1.165, 1.54) is 5.56 Å². The van der Waals surface area contributed by atoms with Crippen molar-refractivity contribution < 1.29 is 8.42 Å². The molecule has 4 nitrogen and oxygen atoms in total. The van der Waals surface area contributed by atoms with Gasteiger partial charge >= 0.3 is 0 Å². The molecule has 1 unspecified atom stereocenters. The Bertz CT molecular complexity index is 522. The van der Waals surface area contributed by atoms with Gasteiger partial charge in [0.2, 0.25) is 10.0 Å². The number of sulfonamides is 1. The zero-order valence-corrected chi connectivity index (χ0v) is 13.8. The molecular weight excluding hydrogens is 284 g/mol. The normalized spacial score (nSPS) is 19.5. The summed E-state index contributed by atoms with van der Waals surface area (Å²) in [4.78, 5) is 0. The van der Waals surface area contributed by atoms with Crippen LogP contribution in [0.3, 0.4) is 0 Å². The van der Waals surface area contributed by atoms with Crippen LogP contribution in [-0.4, -0.2) is 37.6 Å². The third-order valence-electron chi connectivity index (χ3n) is 4.26. The molecule has 1 atom stereocenters. The number of hydrogen-bond donors (Lipinski definition) is 1. The predicted octanol–water partition coefficient (Wildman–Crippen LogP) is 2.54. The summed E-state index contributed by atoms with van der Waals surface area (Å²) in [7, 11) is -3.03. The average Bonchev–Trinajstić information content (AvgIpc) is 2.54. The second-order valence-corrected chi connectivity index (χ2v) is 7.87. The molecule has 1 aliphatic rings. The number of piperidine rings is 1. The van der Waals surface area contributed by atoms with Crippen LogP contribution in [-0.2, 0) is 10.0 Å². The van der Waals surface area contributed by atoms with E-state index in [9.17, 15) is 8.42 Å². The van der Waals surface area contributed by atoms with Gasteiger partial charge in [-0.1, -0.05) is 37.3 Å². The Morgan fingerprint density at radius 1 is 1.19 bits per heavy atom. The summed E-state index contributed by atoms with van der Waals surface area (Å²) >= 11 is 0. The van der Waals surface area contributed by atoms with Crippen LogP contribution in [0.2, 0.25) is 0 Å². The maximum atomic E-state index is 11.9. The fourth-order valence-corrected chi connectivity index (χ4v) is 4.04. The van der Waals surface area contributed by atoms with E-state index in [1.54, 1.807) is 11.2 Å². The van der Waals surface area contributed by atoms with E-state index in [1.807, 2.05) is 6.07 Å². The van der Waals surface area contributed by atoms with E-state index in [0.717, 1.165) is 19.3 Å². The Kier molecular flexibility index (Phi) is 5.79. The molecule has 118 valence electrons. The second-order valence-electron chi connectivity index (χ2n) is 5.61. The van der Waals surface area contributed by atoms with Crippen LogP contribution in [0.5, 0.6) is 0 Å². The van der Waals surface area contributed by atoms with Crippen molar-refractivity contribution in [1.29, 1.82) is 0 Å². The van der Waals surface area contributed by atoms with Gasteiger partial charge in [0.1, 0.15) is 0 Å². The first-order valence-electron chi connectivity index (χ1n) is 7.85. The number of nitrogens with zero attached hydrogens (tertiary/aromatic N) is 1. The predicted molar refractivity (Wildman–Crippen MR) is 86.7 cm³/mol. The van der Waals surface area contributed by atoms with E-state index in [-0.39, 0.29) is 5.75 Å². The Balaban J connectivity index is 1.91. The van der Waals surface area contributed by atoms with Crippen LogP contribution in [0.4, 0.5) is 0 Å². The van der Waals surface area contributed by atoms with Gasteiger partial charge < -0.3 is 5.32 Å². The molecule has 0 spiro atoms. The maximum Gasteiger partial charge on any atom is 0.213 e. The van der Waals surface area contributed by atoms with Gasteiger partial charge in [0.15, 0.2) is 0 Å². The van der Waals surface area contributed by atoms with Crippen LogP contribution in [0.25, 0.3) is 0 Å². The van der Waals surface area contributed by atoms with Crippen LogP contribution >= 0.6 is 0 Å². The summed E-state index contributed by atoms with van der Waals surface area (Å²) in [5.74, 6) is 0.201. The first-order valence-corrected chi connectivity index (χ1v) is 9.46. The van der Waals surface area contributed by atoms with Crippen LogP contribution in [0, 0.1) is 0 Å². The molecule has 0 radical (unpaired) electrons. The van der Waals surface area contributed by atoms with Crippen molar-refractivity contribution in [2.24, 2.45) is 0 Å². The summed E-state index contributed by atoms with van der Waals surface area (Å²) in [6.07, 6.45) is 2.82. The zero-order chi connectivity index (χ0) is 15.3. The summed E-state index contributed by atoms with van der Waals surface area (Å²) in [5, 5.41) is 3.69. The summed E-state index contributed by atoms with van der Waals surface area (Å²) < 4.78 is 25.4. The summed E-state index contributed by atoms with van der Waals surface area (Å²) in [6, 6.07) is 11.2. The molecule has 1 saturated heterocycles. The highest BCUT2D eigenvalue weighted by Crippen LogP contribution is 2.21. The minimum atomic E-state index is -3.03. The first kappa shape index (κ1) is 16.5. The van der Waals surface area contributed by atoms with Crippen molar-refractivity contribution >= 4 is 10.0 Å². The topological polar surface area (TPSA) is 49.4 Å². The summed E-state index contributed by atoms with van der Waals surface area (Å²) in [5.41, 5.74) is 1.31. The molecule has 1 aromatic carbocycles. The molecule has 5 heteroatoms. The first-order chi connectivity index (χ1) is 10.1. The lowest BCUT2D eigenvalue weighted by Gasteiger charge is -2.33. The Hall–Kier alpha value is -0.910. The van der Waals surface area contributed by atoms with E-state index >= 15 is 0 Å². The van der Waals surface area contributed by atoms with Crippen molar-refractivity contribution in [3.8, 4) is 0 Å². The zero-order valence-electron chi connectivity index (χ0n) is 13.0. The fourth-order valence-electron chi connectivity index (χ4n) is 2.90. The van der Waals surface area contributed by atoms with Gasteiger partial charge in [-0.15, -0.1) is 0 Å². The minimum absolute atomic E-state index is 0.201. The highest BCUT2D eigenvalue weighted by atomic mass is 32.2. The second kappa shape index (κ2) is 7.38. The number of hydrogen-bond acceptors (Lipinski definition) is 3. The molecule has 2 rings (SSSR count). The molecule has 1 fully saturated rings. The molecule has 0 saturated carbocycles. The number of nitrogens with one attached hydrogen (secondary N) is 1. The molecule has 0 bridgehead atoms. The maximum absolute atomic E-state index is 11.9. The van der Waals surface area contributed by atoms with Gasteiger partial charge in [-0.05, 0) is 31.7 Å². The Morgan fingerprint density at radius 2 is 1.81 bits per heavy atom. The highest BCUT2D eigenvalue weighted by Gasteiger charge is 2.27. The Morgan fingerprint density at radius 3 is 2.33 bits per heavy atom. The van der Waals surface area contributed by atoms with E-state index < -0.39 is 10.0 Å². The van der Waals surface area contributed by atoms with Crippen molar-refractivity contribution in [2.45, 2.75) is 45.2 Å². The van der Waals surface area contributed by atoms with E-state index in [0.29, 0.717) is 25.2 Å². The lowest BCUT2D eigenvalue weighted by molar-refractivity contribution is 0.272. The smallest absolute Gasteiger partial charge is 0.213 e. The third kappa shape index (κ3) is 4.28. The van der Waals surface area contributed by atoms with Gasteiger partial charge in [-0.3, -0.25) is 0 Å². The van der Waals surface area contributed by atoms with Crippen molar-refractivity contribution in [3.63, 3.8) is 0 Å². The quantitative estimate of drug-likeness (QED) is 0.878. The fraction of sp³-hybridized carbons (Fsp3) is 0.625. The van der Waals surface area contributed by atoms with Crippen molar-refractivity contribution in [2.75, 3.05) is 18.8 Å². The molecule has 0 aliphatic carbocycles. The minimum Gasteiger partial charge on any atom is -0.307 e. The molecule has 1 aromatic rings. The molecule has 1 N–H and O–H groups in total. The van der Waals surface area contributed by atoms with Crippen molar-refractivity contribution in [3.05, 3.63) is 35.9 Å². The van der Waals surface area contributed by atoms with Crippen LogP contribution in [0.1, 0.15) is 44.7 Å². The number of rotatable bonds is 6. The lowest BCUT2D eigenvalue weighted by atomic mass is 10.00. The van der Waals surface area contributed by atoms with Crippen LogP contribution in [0.15, 0.2) is 30.3 Å². The van der Waals surface area contributed by atoms with Gasteiger partial charge in [0.05, 0.1) is 5.75 Å². The van der Waals surface area contributed by atoms with E-state index in [4.69, 9.17) is 0 Å².